The number of anilines is 1. The molecule has 0 bridgehead atoms. The van der Waals surface area contributed by atoms with Crippen LogP contribution in [0.15, 0.2) is 42.5 Å². The summed E-state index contributed by atoms with van der Waals surface area (Å²) in [6.07, 6.45) is 0. The van der Waals surface area contributed by atoms with Gasteiger partial charge in [0.15, 0.2) is 5.69 Å². The molecule has 0 saturated carbocycles. The summed E-state index contributed by atoms with van der Waals surface area (Å²) in [5.74, 6) is 4.94. The highest BCUT2D eigenvalue weighted by atomic mass is 35.5. The normalized spacial score (nSPS) is 10.6. The van der Waals surface area contributed by atoms with Crippen molar-refractivity contribution in [3.05, 3.63) is 63.8 Å². The van der Waals surface area contributed by atoms with E-state index >= 15 is 0 Å². The summed E-state index contributed by atoms with van der Waals surface area (Å²) in [6, 6.07) is 12.2. The molecule has 7 nitrogen and oxygen atoms in total. The fourth-order valence-electron chi connectivity index (χ4n) is 3.23. The number of nitrogens with two attached hydrogens (primary N) is 1. The van der Waals surface area contributed by atoms with Crippen molar-refractivity contribution in [2.24, 2.45) is 5.73 Å². The van der Waals surface area contributed by atoms with E-state index in [0.29, 0.717) is 32.6 Å². The average molecular weight is 535 g/mol. The molecule has 0 saturated heterocycles. The fraction of sp³-hybridized carbons (Fsp3) is 0.240. The topological polar surface area (TPSA) is 102 Å². The van der Waals surface area contributed by atoms with Gasteiger partial charge in [0.1, 0.15) is 5.69 Å². The van der Waals surface area contributed by atoms with Crippen LogP contribution in [0.3, 0.4) is 0 Å². The van der Waals surface area contributed by atoms with Crippen LogP contribution in [0, 0.1) is 11.8 Å². The van der Waals surface area contributed by atoms with Gasteiger partial charge in [0, 0.05) is 28.6 Å². The predicted molar refractivity (Wildman–Crippen MR) is 144 cm³/mol. The second-order valence-electron chi connectivity index (χ2n) is 8.55. The van der Waals surface area contributed by atoms with Gasteiger partial charge in [0.2, 0.25) is 5.91 Å². The number of rotatable bonds is 4. The summed E-state index contributed by atoms with van der Waals surface area (Å²) in [6.45, 7) is 7.17. The molecule has 0 aliphatic carbocycles. The summed E-state index contributed by atoms with van der Waals surface area (Å²) in [4.78, 5) is 25.3. The smallest absolute Gasteiger partial charge is 0.274 e. The van der Waals surface area contributed by atoms with Crippen molar-refractivity contribution < 1.29 is 9.59 Å². The maximum absolute atomic E-state index is 13.2. The third kappa shape index (κ3) is 7.00. The lowest BCUT2D eigenvalue weighted by molar-refractivity contribution is -0.114. The largest absolute Gasteiger partial charge is 0.346 e. The average Bonchev–Trinajstić information content (AvgIpc) is 3.10. The number of carbonyl (C=O) groups excluding carboxylic acids is 2. The van der Waals surface area contributed by atoms with E-state index in [1.54, 1.807) is 42.5 Å². The first kappa shape index (κ1) is 28.2. The van der Waals surface area contributed by atoms with Crippen LogP contribution in [0.1, 0.15) is 43.7 Å². The fourth-order valence-corrected chi connectivity index (χ4v) is 3.62. The van der Waals surface area contributed by atoms with Gasteiger partial charge in [-0.05, 0) is 51.1 Å². The Balaban J connectivity index is 0.00000432. The van der Waals surface area contributed by atoms with E-state index in [0.717, 1.165) is 0 Å². The van der Waals surface area contributed by atoms with Crippen LogP contribution in [-0.4, -0.2) is 33.7 Å². The first-order valence-electron chi connectivity index (χ1n) is 10.5. The van der Waals surface area contributed by atoms with E-state index in [-0.39, 0.29) is 36.2 Å². The molecule has 0 aliphatic rings. The lowest BCUT2D eigenvalue weighted by Crippen LogP contribution is -2.41. The van der Waals surface area contributed by atoms with E-state index in [4.69, 9.17) is 28.9 Å². The van der Waals surface area contributed by atoms with Gasteiger partial charge in [0.25, 0.3) is 5.91 Å². The molecule has 0 unspecified atom stereocenters. The summed E-state index contributed by atoms with van der Waals surface area (Å²) in [5, 5.41) is 11.2. The quantitative estimate of drug-likeness (QED) is 0.407. The Labute approximate surface area is 220 Å². The molecular formula is C25H26Cl3N5O2. The molecule has 3 rings (SSSR count). The van der Waals surface area contributed by atoms with Gasteiger partial charge in [-0.25, -0.2) is 4.68 Å². The maximum atomic E-state index is 13.2. The summed E-state index contributed by atoms with van der Waals surface area (Å²) >= 11 is 12.7. The maximum Gasteiger partial charge on any atom is 0.274 e. The minimum Gasteiger partial charge on any atom is -0.346 e. The molecule has 0 fully saturated rings. The van der Waals surface area contributed by atoms with Crippen LogP contribution < -0.4 is 16.4 Å². The summed E-state index contributed by atoms with van der Waals surface area (Å²) in [5.41, 5.74) is 7.61. The van der Waals surface area contributed by atoms with E-state index < -0.39 is 11.4 Å². The number of carbonyl (C=O) groups is 2. The zero-order valence-electron chi connectivity index (χ0n) is 19.7. The van der Waals surface area contributed by atoms with Gasteiger partial charge in [0.05, 0.1) is 22.9 Å². The monoisotopic (exact) mass is 533 g/mol. The Hall–Kier alpha value is -3.02. The first-order chi connectivity index (χ1) is 16.0. The Morgan fingerprint density at radius 2 is 1.77 bits per heavy atom. The molecular weight excluding hydrogens is 509 g/mol. The zero-order chi connectivity index (χ0) is 25.0. The molecule has 0 aliphatic heterocycles. The van der Waals surface area contributed by atoms with Crippen molar-refractivity contribution in [3.63, 3.8) is 0 Å². The van der Waals surface area contributed by atoms with Crippen molar-refractivity contribution in [2.45, 2.75) is 33.2 Å². The van der Waals surface area contributed by atoms with E-state index in [1.165, 1.54) is 11.6 Å². The molecule has 0 radical (unpaired) electrons. The van der Waals surface area contributed by atoms with Crippen molar-refractivity contribution in [1.82, 2.24) is 15.1 Å². The van der Waals surface area contributed by atoms with E-state index in [1.807, 2.05) is 20.8 Å². The lowest BCUT2D eigenvalue weighted by atomic mass is 10.1. The first-order valence-corrected chi connectivity index (χ1v) is 11.2. The molecule has 184 valence electrons. The minimum atomic E-state index is -0.518. The molecule has 2 amide bonds. The Morgan fingerprint density at radius 1 is 1.11 bits per heavy atom. The third-order valence-corrected chi connectivity index (χ3v) is 5.07. The van der Waals surface area contributed by atoms with E-state index in [2.05, 4.69) is 27.6 Å². The van der Waals surface area contributed by atoms with Crippen LogP contribution in [0.25, 0.3) is 16.9 Å². The van der Waals surface area contributed by atoms with Crippen molar-refractivity contribution in [1.29, 1.82) is 0 Å². The molecule has 3 aromatic rings. The Kier molecular flexibility index (Phi) is 9.36. The Morgan fingerprint density at radius 3 is 2.31 bits per heavy atom. The van der Waals surface area contributed by atoms with Crippen LogP contribution in [-0.2, 0) is 4.79 Å². The molecule has 10 heteroatoms. The highest BCUT2D eigenvalue weighted by Crippen LogP contribution is 2.36. The SMILES string of the molecule is CC(=O)Nc1c(C(=O)NC(C)(C)C)nn(-c2ccc(C#CCN)cc2Cl)c1-c1ccc(Cl)cc1.Cl. The number of nitrogens with one attached hydrogen (secondary N) is 2. The standard InChI is InChI=1S/C25H25Cl2N5O2.ClH/c1-15(33)29-21-22(24(34)30-25(2,3)4)31-32(23(21)17-8-10-18(26)11-9-17)20-12-7-16(6-5-13-28)14-19(20)27;/h7-12,14H,13,28H2,1-4H3,(H,29,33)(H,30,34);1H. The molecule has 0 atom stereocenters. The summed E-state index contributed by atoms with van der Waals surface area (Å²) in [7, 11) is 0. The molecule has 2 aromatic carbocycles. The third-order valence-electron chi connectivity index (χ3n) is 4.52. The van der Waals surface area contributed by atoms with Crippen molar-refractivity contribution >= 4 is 53.1 Å². The number of halogens is 3. The number of hydrogen-bond donors (Lipinski definition) is 3. The zero-order valence-corrected chi connectivity index (χ0v) is 22.0. The van der Waals surface area contributed by atoms with E-state index in [9.17, 15) is 9.59 Å². The highest BCUT2D eigenvalue weighted by Gasteiger charge is 2.28. The number of nitrogens with zero attached hydrogens (tertiary/aromatic N) is 2. The number of hydrogen-bond acceptors (Lipinski definition) is 4. The predicted octanol–water partition coefficient (Wildman–Crippen LogP) is 5.06. The van der Waals surface area contributed by atoms with Gasteiger partial charge in [-0.1, -0.05) is 47.2 Å². The van der Waals surface area contributed by atoms with Crippen LogP contribution in [0.4, 0.5) is 5.69 Å². The number of benzene rings is 2. The van der Waals surface area contributed by atoms with Gasteiger partial charge in [-0.15, -0.1) is 12.4 Å². The van der Waals surface area contributed by atoms with Gasteiger partial charge in [-0.2, -0.15) is 5.10 Å². The summed E-state index contributed by atoms with van der Waals surface area (Å²) < 4.78 is 1.54. The highest BCUT2D eigenvalue weighted by molar-refractivity contribution is 6.32. The molecule has 0 spiro atoms. The van der Waals surface area contributed by atoms with Gasteiger partial charge in [-0.3, -0.25) is 9.59 Å². The van der Waals surface area contributed by atoms with Crippen LogP contribution in [0.5, 0.6) is 0 Å². The van der Waals surface area contributed by atoms with Crippen LogP contribution in [0.2, 0.25) is 10.0 Å². The lowest BCUT2D eigenvalue weighted by Gasteiger charge is -2.20. The van der Waals surface area contributed by atoms with Crippen molar-refractivity contribution in [3.8, 4) is 28.8 Å². The minimum absolute atomic E-state index is 0. The molecule has 35 heavy (non-hydrogen) atoms. The second-order valence-corrected chi connectivity index (χ2v) is 9.39. The van der Waals surface area contributed by atoms with Gasteiger partial charge < -0.3 is 16.4 Å². The van der Waals surface area contributed by atoms with Gasteiger partial charge >= 0.3 is 0 Å². The molecule has 1 heterocycles. The Bertz CT molecular complexity index is 1300. The molecule has 4 N–H and O–H groups in total. The van der Waals surface area contributed by atoms with Crippen molar-refractivity contribution in [2.75, 3.05) is 11.9 Å². The second kappa shape index (κ2) is 11.6. The van der Waals surface area contributed by atoms with Crippen LogP contribution >= 0.6 is 35.6 Å². The number of aromatic nitrogens is 2. The molecule has 1 aromatic heterocycles. The number of amides is 2.